The predicted octanol–water partition coefficient (Wildman–Crippen LogP) is 2.63. The van der Waals surface area contributed by atoms with Gasteiger partial charge in [-0.15, -0.1) is 0 Å². The molecule has 2 unspecified atom stereocenters. The first-order chi connectivity index (χ1) is 8.33. The number of piperidine rings is 1. The summed E-state index contributed by atoms with van der Waals surface area (Å²) >= 11 is 3.55. The van der Waals surface area contributed by atoms with Crippen molar-refractivity contribution in [1.29, 1.82) is 0 Å². The quantitative estimate of drug-likeness (QED) is 0.902. The first-order valence-corrected chi connectivity index (χ1v) is 7.31. The molecule has 17 heavy (non-hydrogen) atoms. The Labute approximate surface area is 112 Å². The third-order valence-electron chi connectivity index (χ3n) is 4.07. The molecule has 2 fully saturated rings. The van der Waals surface area contributed by atoms with Crippen molar-refractivity contribution >= 4 is 15.9 Å². The lowest BCUT2D eigenvalue weighted by Crippen LogP contribution is -2.44. The van der Waals surface area contributed by atoms with E-state index in [0.29, 0.717) is 0 Å². The summed E-state index contributed by atoms with van der Waals surface area (Å²) in [6.45, 7) is 4.76. The molecule has 2 aliphatic rings. The third-order valence-corrected chi connectivity index (χ3v) is 4.56. The number of benzene rings is 1. The fraction of sp³-hybridized carbons (Fsp3) is 0.571. The van der Waals surface area contributed by atoms with E-state index in [4.69, 9.17) is 0 Å². The van der Waals surface area contributed by atoms with Crippen LogP contribution in [0, 0.1) is 5.92 Å². The highest BCUT2D eigenvalue weighted by Crippen LogP contribution is 2.28. The summed E-state index contributed by atoms with van der Waals surface area (Å²) in [7, 11) is 0. The van der Waals surface area contributed by atoms with E-state index in [-0.39, 0.29) is 0 Å². The molecule has 0 aromatic heterocycles. The largest absolute Gasteiger partial charge is 0.315 e. The van der Waals surface area contributed by atoms with Crippen LogP contribution in [0.15, 0.2) is 28.7 Å². The van der Waals surface area contributed by atoms with Gasteiger partial charge in [-0.1, -0.05) is 28.1 Å². The Morgan fingerprint density at radius 3 is 3.18 bits per heavy atom. The number of nitrogens with one attached hydrogen (secondary N) is 1. The fourth-order valence-electron chi connectivity index (χ4n) is 3.23. The lowest BCUT2D eigenvalue weighted by molar-refractivity contribution is 0.117. The second-order valence-electron chi connectivity index (χ2n) is 5.23. The van der Waals surface area contributed by atoms with Crippen LogP contribution in [0.5, 0.6) is 0 Å². The van der Waals surface area contributed by atoms with Crippen molar-refractivity contribution in [3.05, 3.63) is 34.3 Å². The molecule has 1 N–H and O–H groups in total. The Bertz CT molecular complexity index is 394. The van der Waals surface area contributed by atoms with Gasteiger partial charge in [0.2, 0.25) is 0 Å². The first kappa shape index (κ1) is 11.7. The Balaban J connectivity index is 1.71. The number of likely N-dealkylation sites (tertiary alicyclic amines) is 1. The molecule has 3 heteroatoms. The minimum atomic E-state index is 0.766. The van der Waals surface area contributed by atoms with Gasteiger partial charge in [0.1, 0.15) is 0 Å². The molecule has 92 valence electrons. The van der Waals surface area contributed by atoms with Crippen LogP contribution in [0.1, 0.15) is 18.4 Å². The van der Waals surface area contributed by atoms with Gasteiger partial charge in [0.05, 0.1) is 0 Å². The molecule has 0 amide bonds. The summed E-state index contributed by atoms with van der Waals surface area (Å²) in [4.78, 5) is 2.66. The Hall–Kier alpha value is -0.380. The highest BCUT2D eigenvalue weighted by atomic mass is 79.9. The highest BCUT2D eigenvalue weighted by molar-refractivity contribution is 9.10. The maximum absolute atomic E-state index is 3.55. The standard InChI is InChI=1S/C14H19BrN2/c15-13-5-1-3-11(7-13)10-17-6-2-4-12-8-16-9-14(12)17/h1,3,5,7,12,14,16H,2,4,6,8-10H2. The van der Waals surface area contributed by atoms with E-state index < -0.39 is 0 Å². The number of nitrogens with zero attached hydrogens (tertiary/aromatic N) is 1. The van der Waals surface area contributed by atoms with Crippen molar-refractivity contribution in [2.24, 2.45) is 5.92 Å². The van der Waals surface area contributed by atoms with Crippen LogP contribution in [-0.4, -0.2) is 30.6 Å². The molecule has 2 nitrogen and oxygen atoms in total. The molecule has 2 atom stereocenters. The topological polar surface area (TPSA) is 15.3 Å². The molecule has 3 rings (SSSR count). The van der Waals surface area contributed by atoms with Gasteiger partial charge in [-0.05, 0) is 49.5 Å². The van der Waals surface area contributed by atoms with E-state index >= 15 is 0 Å². The zero-order valence-electron chi connectivity index (χ0n) is 10.0. The van der Waals surface area contributed by atoms with E-state index in [0.717, 1.165) is 18.5 Å². The molecule has 0 aliphatic carbocycles. The SMILES string of the molecule is Brc1cccc(CN2CCCC3CNCC32)c1. The monoisotopic (exact) mass is 294 g/mol. The van der Waals surface area contributed by atoms with E-state index in [2.05, 4.69) is 50.4 Å². The van der Waals surface area contributed by atoms with Gasteiger partial charge < -0.3 is 5.32 Å². The molecular weight excluding hydrogens is 276 g/mol. The van der Waals surface area contributed by atoms with E-state index in [9.17, 15) is 0 Å². The second-order valence-corrected chi connectivity index (χ2v) is 6.14. The van der Waals surface area contributed by atoms with Crippen molar-refractivity contribution in [3.8, 4) is 0 Å². The van der Waals surface area contributed by atoms with Crippen molar-refractivity contribution in [3.63, 3.8) is 0 Å². The Morgan fingerprint density at radius 1 is 1.35 bits per heavy atom. The highest BCUT2D eigenvalue weighted by Gasteiger charge is 2.34. The minimum Gasteiger partial charge on any atom is -0.315 e. The van der Waals surface area contributed by atoms with Crippen LogP contribution < -0.4 is 5.32 Å². The molecule has 2 aliphatic heterocycles. The predicted molar refractivity (Wildman–Crippen MR) is 73.9 cm³/mol. The second kappa shape index (κ2) is 5.09. The molecule has 0 saturated carbocycles. The maximum Gasteiger partial charge on any atom is 0.0264 e. The average molecular weight is 295 g/mol. The summed E-state index contributed by atoms with van der Waals surface area (Å²) in [5.74, 6) is 0.885. The van der Waals surface area contributed by atoms with Crippen LogP contribution in [0.2, 0.25) is 0 Å². The molecule has 2 heterocycles. The van der Waals surface area contributed by atoms with Gasteiger partial charge in [-0.2, -0.15) is 0 Å². The lowest BCUT2D eigenvalue weighted by Gasteiger charge is -2.37. The molecule has 0 spiro atoms. The molecule has 2 saturated heterocycles. The summed E-state index contributed by atoms with van der Waals surface area (Å²) in [5, 5.41) is 3.54. The number of rotatable bonds is 2. The van der Waals surface area contributed by atoms with Crippen molar-refractivity contribution < 1.29 is 0 Å². The zero-order chi connectivity index (χ0) is 11.7. The van der Waals surface area contributed by atoms with Crippen LogP contribution in [0.25, 0.3) is 0 Å². The van der Waals surface area contributed by atoms with E-state index in [1.165, 1.54) is 42.5 Å². The summed E-state index contributed by atoms with van der Waals surface area (Å²) in [6, 6.07) is 9.47. The summed E-state index contributed by atoms with van der Waals surface area (Å²) in [6.07, 6.45) is 2.77. The summed E-state index contributed by atoms with van der Waals surface area (Å²) in [5.41, 5.74) is 1.42. The minimum absolute atomic E-state index is 0.766. The van der Waals surface area contributed by atoms with Crippen molar-refractivity contribution in [1.82, 2.24) is 10.2 Å². The van der Waals surface area contributed by atoms with Gasteiger partial charge in [-0.3, -0.25) is 4.90 Å². The molecule has 1 aromatic rings. The fourth-order valence-corrected chi connectivity index (χ4v) is 3.68. The number of hydrogen-bond acceptors (Lipinski definition) is 2. The number of halogens is 1. The molecular formula is C14H19BrN2. The van der Waals surface area contributed by atoms with E-state index in [1.807, 2.05) is 0 Å². The van der Waals surface area contributed by atoms with Crippen molar-refractivity contribution in [2.75, 3.05) is 19.6 Å². The van der Waals surface area contributed by atoms with Crippen LogP contribution in [-0.2, 0) is 6.54 Å². The van der Waals surface area contributed by atoms with Gasteiger partial charge in [0, 0.05) is 23.6 Å². The van der Waals surface area contributed by atoms with Crippen LogP contribution in [0.3, 0.4) is 0 Å². The molecule has 1 aromatic carbocycles. The average Bonchev–Trinajstić information content (AvgIpc) is 2.78. The lowest BCUT2D eigenvalue weighted by atomic mass is 9.92. The van der Waals surface area contributed by atoms with Crippen LogP contribution >= 0.6 is 15.9 Å². The number of hydrogen-bond donors (Lipinski definition) is 1. The van der Waals surface area contributed by atoms with E-state index in [1.54, 1.807) is 0 Å². The first-order valence-electron chi connectivity index (χ1n) is 6.52. The van der Waals surface area contributed by atoms with Gasteiger partial charge in [0.15, 0.2) is 0 Å². The third kappa shape index (κ3) is 2.56. The van der Waals surface area contributed by atoms with Crippen LogP contribution in [0.4, 0.5) is 0 Å². The van der Waals surface area contributed by atoms with Gasteiger partial charge in [0.25, 0.3) is 0 Å². The van der Waals surface area contributed by atoms with Crippen molar-refractivity contribution in [2.45, 2.75) is 25.4 Å². The normalized spacial score (nSPS) is 29.2. The smallest absolute Gasteiger partial charge is 0.0264 e. The number of fused-ring (bicyclic) bond motifs is 1. The maximum atomic E-state index is 3.55. The molecule has 0 bridgehead atoms. The van der Waals surface area contributed by atoms with Gasteiger partial charge in [-0.25, -0.2) is 0 Å². The Morgan fingerprint density at radius 2 is 2.29 bits per heavy atom. The zero-order valence-corrected chi connectivity index (χ0v) is 11.6. The van der Waals surface area contributed by atoms with Gasteiger partial charge >= 0.3 is 0 Å². The molecule has 0 radical (unpaired) electrons. The Kier molecular flexibility index (Phi) is 3.50. The summed E-state index contributed by atoms with van der Waals surface area (Å²) < 4.78 is 1.19.